The third kappa shape index (κ3) is 3.96. The Hall–Kier alpha value is 0.435. The van der Waals surface area contributed by atoms with Crippen molar-refractivity contribution in [2.75, 3.05) is 6.61 Å². The molecule has 18 heavy (non-hydrogen) atoms. The van der Waals surface area contributed by atoms with Crippen LogP contribution in [-0.2, 0) is 13.8 Å². The summed E-state index contributed by atoms with van der Waals surface area (Å²) in [6.45, 7) is 11.2. The van der Waals surface area contributed by atoms with Gasteiger partial charge in [0.05, 0.1) is 6.10 Å². The molecule has 0 spiro atoms. The van der Waals surface area contributed by atoms with Gasteiger partial charge in [-0.25, -0.2) is 0 Å². The Balaban J connectivity index is 2.87. The Morgan fingerprint density at radius 3 is 2.39 bits per heavy atom. The van der Waals surface area contributed by atoms with Crippen molar-refractivity contribution in [3.8, 4) is 0 Å². The lowest BCUT2D eigenvalue weighted by atomic mass is 9.64. The van der Waals surface area contributed by atoms with Crippen LogP contribution in [0.4, 0.5) is 0 Å². The number of thiol groups is 1. The van der Waals surface area contributed by atoms with Gasteiger partial charge in [0.1, 0.15) is 26.7 Å². The molecule has 1 aliphatic heterocycles. The van der Waals surface area contributed by atoms with Crippen LogP contribution in [0, 0.1) is 23.2 Å². The Kier molecular flexibility index (Phi) is 5.73. The van der Waals surface area contributed by atoms with E-state index >= 15 is 0 Å². The van der Waals surface area contributed by atoms with E-state index in [1.165, 1.54) is 0 Å². The summed E-state index contributed by atoms with van der Waals surface area (Å²) in [5.41, 5.74) is 0.0688. The highest BCUT2D eigenvalue weighted by atomic mass is 32.7. The maximum atomic E-state index is 11.0. The van der Waals surface area contributed by atoms with Crippen LogP contribution in [-0.4, -0.2) is 26.6 Å². The lowest BCUT2D eigenvalue weighted by molar-refractivity contribution is 0.0147. The molecule has 5 atom stereocenters. The Bertz CT molecular complexity index is 306. The van der Waals surface area contributed by atoms with Crippen LogP contribution < -0.4 is 0 Å². The lowest BCUT2D eigenvalue weighted by Crippen LogP contribution is -2.37. The molecule has 2 radical (unpaired) electrons. The van der Waals surface area contributed by atoms with Gasteiger partial charge in [-0.3, -0.25) is 0 Å². The summed E-state index contributed by atoms with van der Waals surface area (Å²) in [7, 11) is 4.20. The van der Waals surface area contributed by atoms with Gasteiger partial charge in [-0.2, -0.15) is 0 Å². The molecule has 0 saturated carbocycles. The molecule has 3 nitrogen and oxygen atoms in total. The van der Waals surface area contributed by atoms with Crippen molar-refractivity contribution in [2.24, 2.45) is 23.2 Å². The number of hydrogen-bond acceptors (Lipinski definition) is 3. The monoisotopic (exact) mass is 289 g/mol. The van der Waals surface area contributed by atoms with Crippen LogP contribution >= 0.6 is 19.5 Å². The second-order valence-electron chi connectivity index (χ2n) is 6.39. The first kappa shape index (κ1) is 16.5. The van der Waals surface area contributed by atoms with E-state index in [1.54, 1.807) is 0 Å². The van der Waals surface area contributed by atoms with Gasteiger partial charge in [-0.15, -0.1) is 4.52 Å². The van der Waals surface area contributed by atoms with E-state index < -0.39 is 7.23 Å². The minimum atomic E-state index is -1.89. The molecule has 0 aromatic rings. The molecule has 1 heterocycles. The SMILES string of the molecule is [B]C1OC(CO[P+](=O)S)C(C(C)(C)C)C1C(C)C. The molecule has 0 amide bonds. The number of ether oxygens (including phenoxy) is 1. The minimum absolute atomic E-state index is 0.0688. The van der Waals surface area contributed by atoms with Crippen molar-refractivity contribution in [3.63, 3.8) is 0 Å². The quantitative estimate of drug-likeness (QED) is 0.489. The van der Waals surface area contributed by atoms with Crippen LogP contribution in [0.1, 0.15) is 34.6 Å². The summed E-state index contributed by atoms with van der Waals surface area (Å²) in [6.07, 6.45) is -0.113. The zero-order chi connectivity index (χ0) is 14.1. The van der Waals surface area contributed by atoms with Gasteiger partial charge in [0.2, 0.25) is 0 Å². The average Bonchev–Trinajstić information content (AvgIpc) is 2.51. The van der Waals surface area contributed by atoms with Crippen LogP contribution in [0.3, 0.4) is 0 Å². The molecular weight excluding hydrogens is 266 g/mol. The van der Waals surface area contributed by atoms with Crippen LogP contribution in [0.25, 0.3) is 0 Å². The fourth-order valence-electron chi connectivity index (χ4n) is 3.04. The van der Waals surface area contributed by atoms with Crippen molar-refractivity contribution >= 4 is 27.3 Å². The van der Waals surface area contributed by atoms with E-state index in [4.69, 9.17) is 17.1 Å². The van der Waals surface area contributed by atoms with Gasteiger partial charge < -0.3 is 4.74 Å². The van der Waals surface area contributed by atoms with Gasteiger partial charge in [-0.1, -0.05) is 34.6 Å². The maximum absolute atomic E-state index is 11.0. The molecular formula is C12H23BO3PS+. The summed E-state index contributed by atoms with van der Waals surface area (Å²) in [5.74, 6) is 1.02. The Morgan fingerprint density at radius 2 is 2.00 bits per heavy atom. The maximum Gasteiger partial charge on any atom is 0.582 e. The van der Waals surface area contributed by atoms with Gasteiger partial charge >= 0.3 is 7.23 Å². The second-order valence-corrected chi connectivity index (χ2v) is 8.10. The van der Waals surface area contributed by atoms with E-state index in [1.807, 2.05) is 0 Å². The zero-order valence-electron chi connectivity index (χ0n) is 11.8. The fraction of sp³-hybridized carbons (Fsp3) is 1.00. The normalized spacial score (nSPS) is 34.1. The van der Waals surface area contributed by atoms with Crippen molar-refractivity contribution in [1.29, 1.82) is 0 Å². The predicted octanol–water partition coefficient (Wildman–Crippen LogP) is 3.42. The summed E-state index contributed by atoms with van der Waals surface area (Å²) in [4.78, 5) is 0. The summed E-state index contributed by atoms with van der Waals surface area (Å²) < 4.78 is 21.9. The van der Waals surface area contributed by atoms with Gasteiger partial charge in [0.25, 0.3) is 0 Å². The summed E-state index contributed by atoms with van der Waals surface area (Å²) in [5, 5.41) is 0. The topological polar surface area (TPSA) is 35.5 Å². The molecule has 5 unspecified atom stereocenters. The zero-order valence-corrected chi connectivity index (χ0v) is 13.6. The molecule has 0 aromatic carbocycles. The first-order chi connectivity index (χ1) is 8.14. The number of rotatable bonds is 4. The smallest absolute Gasteiger partial charge is 0.382 e. The predicted molar refractivity (Wildman–Crippen MR) is 78.2 cm³/mol. The van der Waals surface area contributed by atoms with Gasteiger partial charge in [-0.05, 0) is 27.7 Å². The first-order valence-corrected chi connectivity index (χ1v) is 8.67. The highest BCUT2D eigenvalue weighted by Crippen LogP contribution is 2.47. The fourth-order valence-corrected chi connectivity index (χ4v) is 3.51. The molecule has 1 aliphatic rings. The molecule has 6 heteroatoms. The highest BCUT2D eigenvalue weighted by molar-refractivity contribution is 8.39. The van der Waals surface area contributed by atoms with Gasteiger partial charge in [0, 0.05) is 6.00 Å². The van der Waals surface area contributed by atoms with Crippen molar-refractivity contribution in [3.05, 3.63) is 0 Å². The summed E-state index contributed by atoms with van der Waals surface area (Å²) in [6, 6.07) is -0.277. The second kappa shape index (κ2) is 6.26. The first-order valence-electron chi connectivity index (χ1n) is 6.34. The van der Waals surface area contributed by atoms with Gasteiger partial charge in [0.15, 0.2) is 0 Å². The molecule has 0 N–H and O–H groups in total. The van der Waals surface area contributed by atoms with E-state index in [0.29, 0.717) is 5.92 Å². The minimum Gasteiger partial charge on any atom is -0.382 e. The van der Waals surface area contributed by atoms with E-state index in [2.05, 4.69) is 46.9 Å². The third-order valence-electron chi connectivity index (χ3n) is 3.65. The Morgan fingerprint density at radius 1 is 1.44 bits per heavy atom. The van der Waals surface area contributed by atoms with E-state index in [-0.39, 0.29) is 36.0 Å². The largest absolute Gasteiger partial charge is 0.582 e. The van der Waals surface area contributed by atoms with E-state index in [0.717, 1.165) is 0 Å². The van der Waals surface area contributed by atoms with Crippen molar-refractivity contribution < 1.29 is 13.8 Å². The highest BCUT2D eigenvalue weighted by Gasteiger charge is 2.49. The average molecular weight is 289 g/mol. The molecule has 1 saturated heterocycles. The molecule has 0 bridgehead atoms. The molecule has 1 rings (SSSR count). The summed E-state index contributed by atoms with van der Waals surface area (Å²) >= 11 is 3.76. The Labute approximate surface area is 118 Å². The molecule has 1 fully saturated rings. The standard InChI is InChI=1S/C12H22BO3PS/c1-7(2)9-10(12(3,4)5)8(16-11(9)13)6-15-17(14)18/h7-11H,6H2,1-5H3/p+1. The molecule has 102 valence electrons. The van der Waals surface area contributed by atoms with Crippen LogP contribution in [0.2, 0.25) is 0 Å². The molecule has 0 aliphatic carbocycles. The lowest BCUT2D eigenvalue weighted by Gasteiger charge is -2.36. The van der Waals surface area contributed by atoms with Crippen molar-refractivity contribution in [2.45, 2.75) is 46.7 Å². The van der Waals surface area contributed by atoms with Crippen LogP contribution in [0.5, 0.6) is 0 Å². The number of hydrogen-bond donors (Lipinski definition) is 1. The van der Waals surface area contributed by atoms with Crippen LogP contribution in [0.15, 0.2) is 0 Å². The third-order valence-corrected chi connectivity index (χ3v) is 4.36. The van der Waals surface area contributed by atoms with Crippen molar-refractivity contribution in [1.82, 2.24) is 0 Å². The van der Waals surface area contributed by atoms with E-state index in [9.17, 15) is 4.57 Å². The molecule has 0 aromatic heterocycles.